The van der Waals surface area contributed by atoms with Gasteiger partial charge in [-0.05, 0) is 59.5 Å². The van der Waals surface area contributed by atoms with E-state index in [1.54, 1.807) is 0 Å². The standard InChI is InChI=1S/C20H36N4O3/c1-20(2,3)27-19(26)17-6-10-23(11-7-17)24-14-12-22(13-15-24)18(25)16-4-8-21-9-5-16/h16-17,21H,4-15H2,1-3H3. The van der Waals surface area contributed by atoms with Crippen LogP contribution in [0.2, 0.25) is 0 Å². The van der Waals surface area contributed by atoms with Crippen LogP contribution < -0.4 is 5.32 Å². The minimum Gasteiger partial charge on any atom is -0.460 e. The van der Waals surface area contributed by atoms with E-state index < -0.39 is 5.60 Å². The van der Waals surface area contributed by atoms with Crippen LogP contribution in [0.4, 0.5) is 0 Å². The normalized spacial score (nSPS) is 24.8. The second kappa shape index (κ2) is 8.88. The quantitative estimate of drug-likeness (QED) is 0.740. The summed E-state index contributed by atoms with van der Waals surface area (Å²) in [6, 6.07) is 0. The molecule has 3 fully saturated rings. The highest BCUT2D eigenvalue weighted by Crippen LogP contribution is 2.23. The van der Waals surface area contributed by atoms with E-state index in [1.165, 1.54) is 0 Å². The third-order valence-corrected chi connectivity index (χ3v) is 5.87. The fourth-order valence-electron chi connectivity index (χ4n) is 4.30. The predicted molar refractivity (Wildman–Crippen MR) is 104 cm³/mol. The van der Waals surface area contributed by atoms with Crippen LogP contribution in [0.1, 0.15) is 46.5 Å². The topological polar surface area (TPSA) is 65.1 Å². The van der Waals surface area contributed by atoms with E-state index in [0.717, 1.165) is 78.0 Å². The SMILES string of the molecule is CC(C)(C)OC(=O)C1CCN(N2CCN(C(=O)C3CCNCC3)CC2)CC1. The van der Waals surface area contributed by atoms with Gasteiger partial charge in [0.05, 0.1) is 5.92 Å². The summed E-state index contributed by atoms with van der Waals surface area (Å²) in [5.41, 5.74) is -0.411. The highest BCUT2D eigenvalue weighted by molar-refractivity contribution is 5.79. The zero-order chi connectivity index (χ0) is 19.4. The van der Waals surface area contributed by atoms with Gasteiger partial charge < -0.3 is 15.0 Å². The molecule has 1 amide bonds. The van der Waals surface area contributed by atoms with Crippen molar-refractivity contribution in [2.75, 3.05) is 52.4 Å². The van der Waals surface area contributed by atoms with Crippen molar-refractivity contribution in [1.29, 1.82) is 0 Å². The molecule has 0 unspecified atom stereocenters. The van der Waals surface area contributed by atoms with Gasteiger partial charge in [-0.2, -0.15) is 0 Å². The van der Waals surface area contributed by atoms with Gasteiger partial charge in [0.25, 0.3) is 0 Å². The summed E-state index contributed by atoms with van der Waals surface area (Å²) in [6.07, 6.45) is 3.64. The number of carbonyl (C=O) groups excluding carboxylic acids is 2. The molecule has 27 heavy (non-hydrogen) atoms. The van der Waals surface area contributed by atoms with E-state index in [9.17, 15) is 9.59 Å². The molecule has 3 heterocycles. The number of nitrogens with zero attached hydrogens (tertiary/aromatic N) is 3. The second-order valence-electron chi connectivity index (χ2n) is 9.06. The van der Waals surface area contributed by atoms with Gasteiger partial charge in [0.1, 0.15) is 5.60 Å². The van der Waals surface area contributed by atoms with Gasteiger partial charge in [0, 0.05) is 45.2 Å². The van der Waals surface area contributed by atoms with Crippen molar-refractivity contribution in [1.82, 2.24) is 20.2 Å². The number of esters is 1. The molecule has 0 aliphatic carbocycles. The van der Waals surface area contributed by atoms with Crippen molar-refractivity contribution in [3.63, 3.8) is 0 Å². The lowest BCUT2D eigenvalue weighted by atomic mass is 9.96. The van der Waals surface area contributed by atoms with Gasteiger partial charge in [-0.25, -0.2) is 10.0 Å². The number of carbonyl (C=O) groups is 2. The van der Waals surface area contributed by atoms with E-state index in [-0.39, 0.29) is 17.8 Å². The predicted octanol–water partition coefficient (Wildman–Crippen LogP) is 1.10. The number of amides is 1. The van der Waals surface area contributed by atoms with Gasteiger partial charge in [0.15, 0.2) is 0 Å². The van der Waals surface area contributed by atoms with E-state index >= 15 is 0 Å². The lowest BCUT2D eigenvalue weighted by Crippen LogP contribution is -2.57. The average molecular weight is 381 g/mol. The van der Waals surface area contributed by atoms with Crippen LogP contribution in [0.5, 0.6) is 0 Å². The van der Waals surface area contributed by atoms with Gasteiger partial charge in [-0.3, -0.25) is 9.59 Å². The van der Waals surface area contributed by atoms with E-state index in [0.29, 0.717) is 5.91 Å². The zero-order valence-electron chi connectivity index (χ0n) is 17.2. The Bertz CT molecular complexity index is 512. The fourth-order valence-corrected chi connectivity index (χ4v) is 4.30. The molecule has 1 N–H and O–H groups in total. The summed E-state index contributed by atoms with van der Waals surface area (Å²) in [5, 5.41) is 8.07. The van der Waals surface area contributed by atoms with Gasteiger partial charge in [-0.1, -0.05) is 0 Å². The highest BCUT2D eigenvalue weighted by Gasteiger charge is 2.33. The molecule has 0 saturated carbocycles. The summed E-state index contributed by atoms with van der Waals surface area (Å²) in [7, 11) is 0. The van der Waals surface area contributed by atoms with E-state index in [2.05, 4.69) is 20.2 Å². The van der Waals surface area contributed by atoms with Crippen LogP contribution in [0.3, 0.4) is 0 Å². The fraction of sp³-hybridized carbons (Fsp3) is 0.900. The Morgan fingerprint density at radius 2 is 1.37 bits per heavy atom. The third-order valence-electron chi connectivity index (χ3n) is 5.87. The molecule has 0 aromatic heterocycles. The molecule has 3 aliphatic heterocycles. The van der Waals surface area contributed by atoms with Crippen LogP contribution in [0.15, 0.2) is 0 Å². The minimum absolute atomic E-state index is 0.0169. The molecule has 7 heteroatoms. The van der Waals surface area contributed by atoms with Gasteiger partial charge in [-0.15, -0.1) is 0 Å². The van der Waals surface area contributed by atoms with Crippen molar-refractivity contribution in [2.24, 2.45) is 11.8 Å². The molecule has 0 atom stereocenters. The Labute approximate surface area is 163 Å². The Morgan fingerprint density at radius 3 is 1.93 bits per heavy atom. The Morgan fingerprint density at radius 1 is 0.815 bits per heavy atom. The molecule has 0 radical (unpaired) electrons. The number of piperidine rings is 2. The largest absolute Gasteiger partial charge is 0.460 e. The highest BCUT2D eigenvalue weighted by atomic mass is 16.6. The van der Waals surface area contributed by atoms with E-state index in [1.807, 2.05) is 20.8 Å². The van der Waals surface area contributed by atoms with Crippen LogP contribution in [-0.2, 0) is 14.3 Å². The van der Waals surface area contributed by atoms with Crippen molar-refractivity contribution < 1.29 is 14.3 Å². The lowest BCUT2D eigenvalue weighted by molar-refractivity contribution is -0.164. The van der Waals surface area contributed by atoms with Gasteiger partial charge in [0.2, 0.25) is 5.91 Å². The molecule has 3 saturated heterocycles. The van der Waals surface area contributed by atoms with Crippen molar-refractivity contribution in [2.45, 2.75) is 52.1 Å². The first-order chi connectivity index (χ1) is 12.8. The monoisotopic (exact) mass is 380 g/mol. The number of piperazine rings is 1. The first-order valence-electron chi connectivity index (χ1n) is 10.6. The van der Waals surface area contributed by atoms with Crippen molar-refractivity contribution in [3.8, 4) is 0 Å². The molecule has 0 bridgehead atoms. The third kappa shape index (κ3) is 5.65. The molecular weight excluding hydrogens is 344 g/mol. The van der Waals surface area contributed by atoms with Crippen LogP contribution >= 0.6 is 0 Å². The summed E-state index contributed by atoms with van der Waals surface area (Å²) in [4.78, 5) is 27.0. The van der Waals surface area contributed by atoms with E-state index in [4.69, 9.17) is 4.74 Å². The first-order valence-corrected chi connectivity index (χ1v) is 10.6. The van der Waals surface area contributed by atoms with Crippen LogP contribution in [-0.4, -0.2) is 84.8 Å². The molecule has 0 spiro atoms. The molecular formula is C20H36N4O3. The lowest BCUT2D eigenvalue weighted by Gasteiger charge is -2.44. The first kappa shape index (κ1) is 20.6. The van der Waals surface area contributed by atoms with Gasteiger partial charge >= 0.3 is 5.97 Å². The Kier molecular flexibility index (Phi) is 6.76. The number of nitrogens with one attached hydrogen (secondary N) is 1. The zero-order valence-corrected chi connectivity index (χ0v) is 17.2. The molecule has 0 aromatic rings. The summed E-state index contributed by atoms with van der Waals surface area (Å²) >= 11 is 0. The molecule has 7 nitrogen and oxygen atoms in total. The number of hydrogen-bond acceptors (Lipinski definition) is 6. The summed E-state index contributed by atoms with van der Waals surface area (Å²) in [5.74, 6) is 0.518. The second-order valence-corrected chi connectivity index (χ2v) is 9.06. The number of ether oxygens (including phenoxy) is 1. The molecule has 0 aromatic carbocycles. The molecule has 3 rings (SSSR count). The minimum atomic E-state index is -0.411. The van der Waals surface area contributed by atoms with Crippen LogP contribution in [0, 0.1) is 11.8 Å². The maximum absolute atomic E-state index is 12.7. The maximum atomic E-state index is 12.7. The molecule has 154 valence electrons. The number of rotatable bonds is 3. The van der Waals surface area contributed by atoms with Crippen molar-refractivity contribution >= 4 is 11.9 Å². The maximum Gasteiger partial charge on any atom is 0.309 e. The number of hydrazine groups is 1. The Balaban J connectivity index is 1.40. The average Bonchev–Trinajstić information content (AvgIpc) is 2.67. The van der Waals surface area contributed by atoms with Crippen LogP contribution in [0.25, 0.3) is 0 Å². The van der Waals surface area contributed by atoms with Crippen molar-refractivity contribution in [3.05, 3.63) is 0 Å². The molecule has 3 aliphatic rings. The Hall–Kier alpha value is -1.18. The summed E-state index contributed by atoms with van der Waals surface area (Å²) < 4.78 is 5.54. The summed E-state index contributed by atoms with van der Waals surface area (Å²) in [6.45, 7) is 12.9. The smallest absolute Gasteiger partial charge is 0.309 e. The number of hydrogen-bond donors (Lipinski definition) is 1.